The van der Waals surface area contributed by atoms with Crippen molar-refractivity contribution < 1.29 is 45.7 Å². The molecule has 41 heavy (non-hydrogen) atoms. The van der Waals surface area contributed by atoms with E-state index < -0.39 is 29.8 Å². The molecule has 0 aliphatic carbocycles. The van der Waals surface area contributed by atoms with E-state index in [2.05, 4.69) is 14.4 Å². The summed E-state index contributed by atoms with van der Waals surface area (Å²) in [5.41, 5.74) is 0.0241. The highest BCUT2D eigenvalue weighted by atomic mass is 19.4. The van der Waals surface area contributed by atoms with Gasteiger partial charge in [-0.15, -0.1) is 26.3 Å². The number of hydrogen-bond donors (Lipinski definition) is 1. The number of halogens is 6. The number of benzene rings is 3. The summed E-state index contributed by atoms with van der Waals surface area (Å²) in [4.78, 5) is 2.24. The number of nitrogens with zero attached hydrogens (tertiary/aromatic N) is 1. The number of piperidine rings is 1. The van der Waals surface area contributed by atoms with E-state index in [-0.39, 0.29) is 5.92 Å². The van der Waals surface area contributed by atoms with Gasteiger partial charge in [0.05, 0.1) is 6.61 Å². The zero-order chi connectivity index (χ0) is 29.7. The maximum absolute atomic E-state index is 12.7. The molecule has 1 saturated heterocycles. The largest absolute Gasteiger partial charge is 0.573 e. The number of likely N-dealkylation sites (tertiary alicyclic amines) is 1. The monoisotopic (exact) mass is 583 g/mol. The molecular formula is C30H31F6NO4. The van der Waals surface area contributed by atoms with Crippen molar-refractivity contribution in [3.05, 3.63) is 89.5 Å². The van der Waals surface area contributed by atoms with E-state index >= 15 is 0 Å². The third kappa shape index (κ3) is 8.29. The Hall–Kier alpha value is -3.44. The Bertz CT molecular complexity index is 1180. The van der Waals surface area contributed by atoms with Gasteiger partial charge in [0.2, 0.25) is 0 Å². The Kier molecular flexibility index (Phi) is 9.38. The van der Waals surface area contributed by atoms with Crippen molar-refractivity contribution in [1.82, 2.24) is 4.90 Å². The van der Waals surface area contributed by atoms with Crippen molar-refractivity contribution in [1.29, 1.82) is 0 Å². The maximum atomic E-state index is 12.7. The fourth-order valence-electron chi connectivity index (χ4n) is 5.14. The van der Waals surface area contributed by atoms with E-state index in [1.54, 1.807) is 0 Å². The molecular weight excluding hydrogens is 552 g/mol. The van der Waals surface area contributed by atoms with Crippen LogP contribution in [0.15, 0.2) is 72.8 Å². The van der Waals surface area contributed by atoms with Gasteiger partial charge in [-0.1, -0.05) is 43.3 Å². The number of rotatable bonds is 10. The first-order valence-corrected chi connectivity index (χ1v) is 13.2. The van der Waals surface area contributed by atoms with Gasteiger partial charge in [-0.25, -0.2) is 0 Å². The van der Waals surface area contributed by atoms with E-state index in [1.807, 2.05) is 31.2 Å². The minimum atomic E-state index is -4.87. The summed E-state index contributed by atoms with van der Waals surface area (Å²) in [6, 6.07) is 17.7. The predicted octanol–water partition coefficient (Wildman–Crippen LogP) is 7.42. The molecule has 1 heterocycles. The smallest absolute Gasteiger partial charge is 0.494 e. The average Bonchev–Trinajstić information content (AvgIpc) is 2.92. The van der Waals surface area contributed by atoms with E-state index in [4.69, 9.17) is 4.74 Å². The normalized spacial score (nSPS) is 15.5. The predicted molar refractivity (Wildman–Crippen MR) is 139 cm³/mol. The van der Waals surface area contributed by atoms with Crippen LogP contribution < -0.4 is 14.2 Å². The molecule has 0 spiro atoms. The summed E-state index contributed by atoms with van der Waals surface area (Å²) in [6.07, 6.45) is -7.75. The lowest BCUT2D eigenvalue weighted by molar-refractivity contribution is -0.275. The lowest BCUT2D eigenvalue weighted by atomic mass is 9.72. The molecule has 0 aromatic heterocycles. The van der Waals surface area contributed by atoms with Crippen LogP contribution in [0.1, 0.15) is 42.9 Å². The summed E-state index contributed by atoms with van der Waals surface area (Å²) >= 11 is 0. The standard InChI is InChI=1S/C30H31F6NO4/c1-2-19-39-25-9-3-21(4-10-25)20-37-17-15-24(16-18-37)28(38,22-5-11-26(12-6-22)40-29(31,32)33)23-7-13-27(14-8-23)41-30(34,35)36/h3-14,24,38H,2,15-20H2,1H3. The molecule has 4 rings (SSSR count). The minimum absolute atomic E-state index is 0.303. The second-order valence-electron chi connectivity index (χ2n) is 9.95. The van der Waals surface area contributed by atoms with Gasteiger partial charge in [0.1, 0.15) is 22.8 Å². The molecule has 1 N–H and O–H groups in total. The van der Waals surface area contributed by atoms with Crippen molar-refractivity contribution in [2.24, 2.45) is 5.92 Å². The van der Waals surface area contributed by atoms with Gasteiger partial charge in [0, 0.05) is 6.54 Å². The van der Waals surface area contributed by atoms with E-state index in [1.165, 1.54) is 24.3 Å². The highest BCUT2D eigenvalue weighted by Gasteiger charge is 2.42. The Morgan fingerprint density at radius 1 is 0.707 bits per heavy atom. The third-order valence-electron chi connectivity index (χ3n) is 7.04. The first-order valence-electron chi connectivity index (χ1n) is 13.2. The van der Waals surface area contributed by atoms with Crippen LogP contribution in [-0.2, 0) is 12.1 Å². The van der Waals surface area contributed by atoms with Crippen molar-refractivity contribution in [3.63, 3.8) is 0 Å². The number of alkyl halides is 6. The maximum Gasteiger partial charge on any atom is 0.573 e. The Morgan fingerprint density at radius 3 is 1.56 bits per heavy atom. The molecule has 1 fully saturated rings. The molecule has 5 nitrogen and oxygen atoms in total. The zero-order valence-electron chi connectivity index (χ0n) is 22.3. The Morgan fingerprint density at radius 2 is 1.15 bits per heavy atom. The van der Waals surface area contributed by atoms with Crippen molar-refractivity contribution in [2.75, 3.05) is 19.7 Å². The van der Waals surface area contributed by atoms with Gasteiger partial charge < -0.3 is 19.3 Å². The van der Waals surface area contributed by atoms with E-state index in [9.17, 15) is 31.4 Å². The average molecular weight is 584 g/mol. The molecule has 1 aliphatic rings. The van der Waals surface area contributed by atoms with Gasteiger partial charge in [0.15, 0.2) is 0 Å². The summed E-state index contributed by atoms with van der Waals surface area (Å²) in [5, 5.41) is 12.1. The fraction of sp³-hybridized carbons (Fsp3) is 0.400. The molecule has 3 aromatic rings. The first-order chi connectivity index (χ1) is 19.4. The molecule has 1 aliphatic heterocycles. The van der Waals surface area contributed by atoms with Gasteiger partial charge in [0.25, 0.3) is 0 Å². The molecule has 11 heteroatoms. The Balaban J connectivity index is 1.53. The number of hydrogen-bond acceptors (Lipinski definition) is 5. The van der Waals surface area contributed by atoms with Crippen molar-refractivity contribution in [3.8, 4) is 17.2 Å². The molecule has 0 amide bonds. The number of aliphatic hydroxyl groups is 1. The molecule has 222 valence electrons. The van der Waals surface area contributed by atoms with Crippen LogP contribution in [0.4, 0.5) is 26.3 Å². The molecule has 3 aromatic carbocycles. The van der Waals surface area contributed by atoms with Crippen LogP contribution in [-0.4, -0.2) is 42.4 Å². The summed E-state index contributed by atoms with van der Waals surface area (Å²) in [5.74, 6) is -0.457. The summed E-state index contributed by atoms with van der Waals surface area (Å²) in [6.45, 7) is 4.63. The third-order valence-corrected chi connectivity index (χ3v) is 7.04. The van der Waals surface area contributed by atoms with Crippen LogP contribution >= 0.6 is 0 Å². The van der Waals surface area contributed by atoms with Gasteiger partial charge in [-0.05, 0) is 91.4 Å². The topological polar surface area (TPSA) is 51.2 Å². The molecule has 0 radical (unpaired) electrons. The molecule has 0 atom stereocenters. The van der Waals surface area contributed by atoms with Crippen molar-refractivity contribution >= 4 is 0 Å². The van der Waals surface area contributed by atoms with Crippen LogP contribution in [0.2, 0.25) is 0 Å². The summed E-state index contributed by atoms with van der Waals surface area (Å²) in [7, 11) is 0. The van der Waals surface area contributed by atoms with Crippen LogP contribution in [0, 0.1) is 5.92 Å². The molecule has 0 unspecified atom stereocenters. The zero-order valence-corrected chi connectivity index (χ0v) is 22.3. The van der Waals surface area contributed by atoms with Gasteiger partial charge in [-0.2, -0.15) is 0 Å². The fourth-order valence-corrected chi connectivity index (χ4v) is 5.14. The quantitative estimate of drug-likeness (QED) is 0.252. The number of ether oxygens (including phenoxy) is 3. The lowest BCUT2D eigenvalue weighted by Crippen LogP contribution is -2.44. The van der Waals surface area contributed by atoms with E-state index in [0.717, 1.165) is 42.0 Å². The van der Waals surface area contributed by atoms with Crippen LogP contribution in [0.3, 0.4) is 0 Å². The van der Waals surface area contributed by atoms with Crippen molar-refractivity contribution in [2.45, 2.75) is 51.1 Å². The molecule has 0 saturated carbocycles. The van der Waals surface area contributed by atoms with Crippen LogP contribution in [0.5, 0.6) is 17.2 Å². The van der Waals surface area contributed by atoms with Gasteiger partial charge >= 0.3 is 12.7 Å². The highest BCUT2D eigenvalue weighted by molar-refractivity contribution is 5.42. The lowest BCUT2D eigenvalue weighted by Gasteiger charge is -2.42. The van der Waals surface area contributed by atoms with E-state index in [0.29, 0.717) is 50.2 Å². The summed E-state index contributed by atoms with van der Waals surface area (Å²) < 4.78 is 89.6. The SMILES string of the molecule is CCCOc1ccc(CN2CCC(C(O)(c3ccc(OC(F)(F)F)cc3)c3ccc(OC(F)(F)F)cc3)CC2)cc1. The first kappa shape index (κ1) is 30.5. The second kappa shape index (κ2) is 12.6. The minimum Gasteiger partial charge on any atom is -0.494 e. The highest BCUT2D eigenvalue weighted by Crippen LogP contribution is 2.43. The van der Waals surface area contributed by atoms with Crippen LogP contribution in [0.25, 0.3) is 0 Å². The second-order valence-corrected chi connectivity index (χ2v) is 9.95. The van der Waals surface area contributed by atoms with Gasteiger partial charge in [-0.3, -0.25) is 4.90 Å². The molecule has 0 bridgehead atoms. The Labute approximate surface area is 234 Å².